The lowest BCUT2D eigenvalue weighted by Crippen LogP contribution is -2.22. The zero-order chi connectivity index (χ0) is 13.7. The smallest absolute Gasteiger partial charge is 0.309 e. The van der Waals surface area contributed by atoms with Gasteiger partial charge in [0.1, 0.15) is 0 Å². The maximum absolute atomic E-state index is 12.6. The molecule has 0 aliphatic heterocycles. The summed E-state index contributed by atoms with van der Waals surface area (Å²) in [6.45, 7) is 3.89. The second-order valence-electron chi connectivity index (χ2n) is 4.02. The number of nitrogens with zero attached hydrogens (tertiary/aromatic N) is 2. The Morgan fingerprint density at radius 3 is 1.76 bits per heavy atom. The van der Waals surface area contributed by atoms with Crippen LogP contribution >= 0.6 is 15.3 Å². The Hall–Kier alpha value is 0.300. The number of rotatable bonds is 8. The van der Waals surface area contributed by atoms with Crippen molar-refractivity contribution in [2.24, 2.45) is 0 Å². The highest BCUT2D eigenvalue weighted by molar-refractivity contribution is 7.67. The van der Waals surface area contributed by atoms with E-state index in [1.54, 1.807) is 35.1 Å². The average molecular weight is 286 g/mol. The quantitative estimate of drug-likeness (QED) is 0.639. The fourth-order valence-corrected chi connectivity index (χ4v) is 6.03. The van der Waals surface area contributed by atoms with E-state index in [2.05, 4.69) is 0 Å². The summed E-state index contributed by atoms with van der Waals surface area (Å²) in [5, 5.41) is 0. The molecule has 0 aromatic rings. The monoisotopic (exact) mass is 286 g/mol. The first-order valence-electron chi connectivity index (χ1n) is 5.62. The second-order valence-corrected chi connectivity index (χ2v) is 9.18. The van der Waals surface area contributed by atoms with Gasteiger partial charge in [0.25, 0.3) is 0 Å². The maximum Gasteiger partial charge on any atom is 0.352 e. The Kier molecular flexibility index (Phi) is 7.15. The number of hydrogen-bond acceptors (Lipinski definition) is 4. The summed E-state index contributed by atoms with van der Waals surface area (Å²) in [4.78, 5) is 0. The molecule has 1 atom stereocenters. The summed E-state index contributed by atoms with van der Waals surface area (Å²) < 4.78 is 38.3. The first kappa shape index (κ1) is 17.3. The van der Waals surface area contributed by atoms with Crippen molar-refractivity contribution in [2.75, 3.05) is 41.0 Å². The Morgan fingerprint density at radius 2 is 1.47 bits per heavy atom. The highest BCUT2D eigenvalue weighted by atomic mass is 31.3. The molecular weight excluding hydrogens is 262 g/mol. The second kappa shape index (κ2) is 7.03. The van der Waals surface area contributed by atoms with E-state index in [4.69, 9.17) is 8.83 Å². The SMILES string of the molecule is CCCP(=O)(OCC)OP(=O)(N(C)C)N(C)C. The molecule has 0 spiro atoms. The van der Waals surface area contributed by atoms with Crippen LogP contribution in [0.5, 0.6) is 0 Å². The van der Waals surface area contributed by atoms with Crippen LogP contribution in [0.4, 0.5) is 0 Å². The van der Waals surface area contributed by atoms with Gasteiger partial charge in [-0.15, -0.1) is 0 Å². The molecule has 17 heavy (non-hydrogen) atoms. The molecule has 0 aromatic heterocycles. The third-order valence-corrected chi connectivity index (χ3v) is 7.58. The van der Waals surface area contributed by atoms with E-state index in [1.165, 1.54) is 9.34 Å². The van der Waals surface area contributed by atoms with Crippen molar-refractivity contribution in [1.82, 2.24) is 9.34 Å². The molecule has 0 radical (unpaired) electrons. The molecule has 0 saturated heterocycles. The zero-order valence-electron chi connectivity index (χ0n) is 11.5. The van der Waals surface area contributed by atoms with E-state index in [9.17, 15) is 9.13 Å². The van der Waals surface area contributed by atoms with Crippen molar-refractivity contribution in [3.05, 3.63) is 0 Å². The van der Waals surface area contributed by atoms with Crippen molar-refractivity contribution in [1.29, 1.82) is 0 Å². The Labute approximate surface area is 104 Å². The fraction of sp³-hybridized carbons (Fsp3) is 1.00. The highest BCUT2D eigenvalue weighted by Crippen LogP contribution is 2.65. The van der Waals surface area contributed by atoms with Gasteiger partial charge in [-0.05, 0) is 41.5 Å². The summed E-state index contributed by atoms with van der Waals surface area (Å²) in [7, 11) is -0.0488. The lowest BCUT2D eigenvalue weighted by atomic mass is 10.6. The zero-order valence-corrected chi connectivity index (χ0v) is 13.3. The summed E-state index contributed by atoms with van der Waals surface area (Å²) >= 11 is 0. The Bertz CT molecular complexity index is 298. The average Bonchev–Trinajstić information content (AvgIpc) is 2.17. The lowest BCUT2D eigenvalue weighted by molar-refractivity contribution is 0.259. The van der Waals surface area contributed by atoms with Gasteiger partial charge in [0, 0.05) is 0 Å². The van der Waals surface area contributed by atoms with Crippen molar-refractivity contribution in [3.8, 4) is 0 Å². The van der Waals surface area contributed by atoms with Crippen LogP contribution in [0.2, 0.25) is 0 Å². The minimum absolute atomic E-state index is 0.270. The van der Waals surface area contributed by atoms with Gasteiger partial charge in [-0.2, -0.15) is 0 Å². The molecule has 0 fully saturated rings. The number of hydrogen-bond donors (Lipinski definition) is 0. The van der Waals surface area contributed by atoms with Crippen molar-refractivity contribution in [3.63, 3.8) is 0 Å². The van der Waals surface area contributed by atoms with Gasteiger partial charge in [0.05, 0.1) is 12.8 Å². The molecule has 0 amide bonds. The largest absolute Gasteiger partial charge is 0.352 e. The van der Waals surface area contributed by atoms with Gasteiger partial charge in [-0.25, -0.2) is 13.7 Å². The third-order valence-electron chi connectivity index (χ3n) is 2.06. The Balaban J connectivity index is 5.07. The van der Waals surface area contributed by atoms with Crippen LogP contribution in [-0.4, -0.2) is 50.3 Å². The molecule has 0 aromatic carbocycles. The summed E-state index contributed by atoms with van der Waals surface area (Å²) in [5.41, 5.74) is 0. The van der Waals surface area contributed by atoms with E-state index < -0.39 is 15.3 Å². The van der Waals surface area contributed by atoms with Gasteiger partial charge in [0.2, 0.25) is 0 Å². The molecule has 0 bridgehead atoms. The highest BCUT2D eigenvalue weighted by Gasteiger charge is 2.39. The first-order valence-corrected chi connectivity index (χ1v) is 8.88. The van der Waals surface area contributed by atoms with E-state index in [0.29, 0.717) is 6.42 Å². The molecule has 8 heteroatoms. The molecular formula is C9H24N2O4P2. The minimum Gasteiger partial charge on any atom is -0.309 e. The normalized spacial score (nSPS) is 16.5. The molecule has 0 aliphatic carbocycles. The van der Waals surface area contributed by atoms with Crippen molar-refractivity contribution < 1.29 is 18.0 Å². The van der Waals surface area contributed by atoms with Crippen LogP contribution < -0.4 is 0 Å². The van der Waals surface area contributed by atoms with Gasteiger partial charge in [-0.3, -0.25) is 9.13 Å². The lowest BCUT2D eigenvalue weighted by Gasteiger charge is -2.32. The predicted molar refractivity (Wildman–Crippen MR) is 70.5 cm³/mol. The van der Waals surface area contributed by atoms with Crippen LogP contribution in [0.25, 0.3) is 0 Å². The fourth-order valence-electron chi connectivity index (χ4n) is 1.27. The molecule has 0 saturated carbocycles. The van der Waals surface area contributed by atoms with Crippen molar-refractivity contribution in [2.45, 2.75) is 20.3 Å². The van der Waals surface area contributed by atoms with Gasteiger partial charge < -0.3 is 4.52 Å². The van der Waals surface area contributed by atoms with E-state index >= 15 is 0 Å². The summed E-state index contributed by atoms with van der Waals surface area (Å²) in [5.74, 6) is 0. The minimum atomic E-state index is -3.30. The van der Waals surface area contributed by atoms with Gasteiger partial charge in [-0.1, -0.05) is 6.92 Å². The first-order chi connectivity index (χ1) is 7.72. The molecule has 0 aliphatic rings. The Morgan fingerprint density at radius 1 is 1.00 bits per heavy atom. The topological polar surface area (TPSA) is 59.1 Å². The molecule has 6 nitrogen and oxygen atoms in total. The van der Waals surface area contributed by atoms with Gasteiger partial charge in [0.15, 0.2) is 0 Å². The van der Waals surface area contributed by atoms with Crippen LogP contribution in [0.3, 0.4) is 0 Å². The maximum atomic E-state index is 12.6. The van der Waals surface area contributed by atoms with Crippen LogP contribution in [0.15, 0.2) is 0 Å². The van der Waals surface area contributed by atoms with E-state index in [1.807, 2.05) is 6.92 Å². The van der Waals surface area contributed by atoms with Crippen LogP contribution in [-0.2, 0) is 18.0 Å². The molecule has 104 valence electrons. The predicted octanol–water partition coefficient (Wildman–Crippen LogP) is 2.87. The van der Waals surface area contributed by atoms with Gasteiger partial charge >= 0.3 is 15.3 Å². The molecule has 1 unspecified atom stereocenters. The summed E-state index contributed by atoms with van der Waals surface area (Å²) in [6, 6.07) is 0. The van der Waals surface area contributed by atoms with E-state index in [-0.39, 0.29) is 12.8 Å². The van der Waals surface area contributed by atoms with Crippen LogP contribution in [0.1, 0.15) is 20.3 Å². The van der Waals surface area contributed by atoms with E-state index in [0.717, 1.165) is 0 Å². The standard InChI is InChI=1S/C9H24N2O4P2/c1-7-9-16(12,14-8-2)15-17(13,10(3)4)11(5)6/h7-9H2,1-6H3. The molecule has 0 heterocycles. The van der Waals surface area contributed by atoms with Crippen molar-refractivity contribution >= 4 is 15.3 Å². The summed E-state index contributed by atoms with van der Waals surface area (Å²) in [6.07, 6.45) is 0.921. The molecule has 0 N–H and O–H groups in total. The molecule has 0 rings (SSSR count). The third kappa shape index (κ3) is 4.82. The van der Waals surface area contributed by atoms with Crippen LogP contribution in [0, 0.1) is 0 Å².